The van der Waals surface area contributed by atoms with Crippen molar-refractivity contribution >= 4 is 11.8 Å². The van der Waals surface area contributed by atoms with Crippen LogP contribution in [0.5, 0.6) is 0 Å². The average Bonchev–Trinajstić information content (AvgIpc) is 2.24. The Hall–Kier alpha value is -1.86. The van der Waals surface area contributed by atoms with Crippen LogP contribution < -0.4 is 4.90 Å². The van der Waals surface area contributed by atoms with Gasteiger partial charge in [0.25, 0.3) is 0 Å². The molecule has 5 nitrogen and oxygen atoms in total. The SMILES string of the molecule is CCN(CC(F)(F)F)c1nccnc1C(=O)O. The highest BCUT2D eigenvalue weighted by molar-refractivity contribution is 5.90. The van der Waals surface area contributed by atoms with Crippen molar-refractivity contribution in [3.63, 3.8) is 0 Å². The molecule has 0 aliphatic carbocycles. The van der Waals surface area contributed by atoms with Gasteiger partial charge < -0.3 is 10.0 Å². The molecule has 17 heavy (non-hydrogen) atoms. The Morgan fingerprint density at radius 2 is 2.00 bits per heavy atom. The first kappa shape index (κ1) is 13.2. The van der Waals surface area contributed by atoms with Gasteiger partial charge in [-0.15, -0.1) is 0 Å². The second kappa shape index (κ2) is 4.98. The van der Waals surface area contributed by atoms with Crippen LogP contribution in [0.2, 0.25) is 0 Å². The molecule has 1 N–H and O–H groups in total. The minimum atomic E-state index is -4.43. The Morgan fingerprint density at radius 1 is 1.41 bits per heavy atom. The fourth-order valence-corrected chi connectivity index (χ4v) is 1.27. The van der Waals surface area contributed by atoms with Gasteiger partial charge in [0, 0.05) is 18.9 Å². The monoisotopic (exact) mass is 249 g/mol. The van der Waals surface area contributed by atoms with Gasteiger partial charge in [0.2, 0.25) is 0 Å². The minimum absolute atomic E-state index is 0.0154. The Kier molecular flexibility index (Phi) is 3.87. The van der Waals surface area contributed by atoms with Gasteiger partial charge in [-0.3, -0.25) is 0 Å². The predicted octanol–water partition coefficient (Wildman–Crippen LogP) is 1.56. The lowest BCUT2D eigenvalue weighted by Crippen LogP contribution is -2.35. The van der Waals surface area contributed by atoms with Crippen molar-refractivity contribution in [2.75, 3.05) is 18.0 Å². The first-order valence-corrected chi connectivity index (χ1v) is 4.71. The quantitative estimate of drug-likeness (QED) is 0.877. The van der Waals surface area contributed by atoms with Gasteiger partial charge in [-0.25, -0.2) is 14.8 Å². The van der Waals surface area contributed by atoms with Crippen LogP contribution in [0.15, 0.2) is 12.4 Å². The number of hydrogen-bond donors (Lipinski definition) is 1. The van der Waals surface area contributed by atoms with E-state index in [1.165, 1.54) is 6.92 Å². The standard InChI is InChI=1S/C9H10F3N3O2/c1-2-15(5-9(10,11)12)7-6(8(16)17)13-3-4-14-7/h3-4H,2,5H2,1H3,(H,16,17). The number of alkyl halides is 3. The molecule has 8 heteroatoms. The molecule has 0 saturated heterocycles. The maximum Gasteiger partial charge on any atom is 0.405 e. The number of carboxylic acids is 1. The lowest BCUT2D eigenvalue weighted by molar-refractivity contribution is -0.119. The van der Waals surface area contributed by atoms with E-state index in [1.807, 2.05) is 0 Å². The van der Waals surface area contributed by atoms with Gasteiger partial charge in [-0.1, -0.05) is 0 Å². The Morgan fingerprint density at radius 3 is 2.47 bits per heavy atom. The number of anilines is 1. The summed E-state index contributed by atoms with van der Waals surface area (Å²) in [4.78, 5) is 18.8. The molecule has 0 atom stereocenters. The maximum atomic E-state index is 12.3. The molecule has 0 aliphatic heterocycles. The van der Waals surface area contributed by atoms with Crippen LogP contribution in [0.25, 0.3) is 0 Å². The van der Waals surface area contributed by atoms with Gasteiger partial charge in [0.1, 0.15) is 6.54 Å². The van der Waals surface area contributed by atoms with E-state index in [2.05, 4.69) is 9.97 Å². The fourth-order valence-electron chi connectivity index (χ4n) is 1.27. The topological polar surface area (TPSA) is 66.3 Å². The van der Waals surface area contributed by atoms with Crippen molar-refractivity contribution < 1.29 is 23.1 Å². The van der Waals surface area contributed by atoms with Crippen LogP contribution in [0.3, 0.4) is 0 Å². The second-order valence-corrected chi connectivity index (χ2v) is 3.16. The summed E-state index contributed by atoms with van der Waals surface area (Å²) in [6.07, 6.45) is -2.15. The van der Waals surface area contributed by atoms with Crippen LogP contribution in [0.1, 0.15) is 17.4 Å². The zero-order valence-corrected chi connectivity index (χ0v) is 8.90. The molecular formula is C9H10F3N3O2. The molecule has 0 aromatic carbocycles. The second-order valence-electron chi connectivity index (χ2n) is 3.16. The predicted molar refractivity (Wildman–Crippen MR) is 52.9 cm³/mol. The van der Waals surface area contributed by atoms with Gasteiger partial charge in [0.15, 0.2) is 11.5 Å². The summed E-state index contributed by atoms with van der Waals surface area (Å²) in [6, 6.07) is 0. The van der Waals surface area contributed by atoms with Crippen molar-refractivity contribution in [2.45, 2.75) is 13.1 Å². The smallest absolute Gasteiger partial charge is 0.405 e. The van der Waals surface area contributed by atoms with E-state index in [0.29, 0.717) is 0 Å². The number of carbonyl (C=O) groups is 1. The number of nitrogens with zero attached hydrogens (tertiary/aromatic N) is 3. The van der Waals surface area contributed by atoms with Crippen LogP contribution in [-0.2, 0) is 0 Å². The molecule has 94 valence electrons. The van der Waals surface area contributed by atoms with E-state index in [4.69, 9.17) is 5.11 Å². The molecule has 0 amide bonds. The zero-order valence-electron chi connectivity index (χ0n) is 8.90. The molecule has 1 aromatic heterocycles. The van der Waals surface area contributed by atoms with Crippen LogP contribution in [0.4, 0.5) is 19.0 Å². The Balaban J connectivity index is 3.07. The molecule has 1 heterocycles. The molecule has 0 unspecified atom stereocenters. The summed E-state index contributed by atoms with van der Waals surface area (Å²) in [5.41, 5.74) is -0.487. The summed E-state index contributed by atoms with van der Waals surface area (Å²) in [5.74, 6) is -1.69. The molecule has 1 rings (SSSR count). The highest BCUT2D eigenvalue weighted by atomic mass is 19.4. The Bertz CT molecular complexity index is 409. The molecule has 0 aliphatic rings. The number of rotatable bonds is 4. The third-order valence-corrected chi connectivity index (χ3v) is 1.93. The van der Waals surface area contributed by atoms with E-state index in [1.54, 1.807) is 0 Å². The van der Waals surface area contributed by atoms with Gasteiger partial charge >= 0.3 is 12.1 Å². The van der Waals surface area contributed by atoms with Gasteiger partial charge in [-0.05, 0) is 6.92 Å². The maximum absolute atomic E-state index is 12.3. The molecular weight excluding hydrogens is 239 g/mol. The number of aromatic carboxylic acids is 1. The number of aromatic nitrogens is 2. The van der Waals surface area contributed by atoms with E-state index < -0.39 is 24.4 Å². The van der Waals surface area contributed by atoms with Crippen LogP contribution in [-0.4, -0.2) is 40.3 Å². The summed E-state index contributed by atoms with van der Waals surface area (Å²) in [7, 11) is 0. The summed E-state index contributed by atoms with van der Waals surface area (Å²) >= 11 is 0. The molecule has 0 radical (unpaired) electrons. The largest absolute Gasteiger partial charge is 0.476 e. The van der Waals surface area contributed by atoms with E-state index >= 15 is 0 Å². The van der Waals surface area contributed by atoms with E-state index in [9.17, 15) is 18.0 Å². The molecule has 0 spiro atoms. The van der Waals surface area contributed by atoms with Crippen molar-refractivity contribution in [3.05, 3.63) is 18.1 Å². The van der Waals surface area contributed by atoms with Crippen molar-refractivity contribution in [3.8, 4) is 0 Å². The molecule has 0 saturated carbocycles. The molecule has 0 bridgehead atoms. The Labute approximate surface area is 94.9 Å². The lowest BCUT2D eigenvalue weighted by atomic mass is 10.3. The normalized spacial score (nSPS) is 11.3. The lowest BCUT2D eigenvalue weighted by Gasteiger charge is -2.23. The summed E-state index contributed by atoms with van der Waals surface area (Å²) < 4.78 is 36.8. The highest BCUT2D eigenvalue weighted by Crippen LogP contribution is 2.22. The fraction of sp³-hybridized carbons (Fsp3) is 0.444. The number of carboxylic acid groups (broad SMARTS) is 1. The summed E-state index contributed by atoms with van der Waals surface area (Å²) in [6.45, 7) is 0.201. The number of hydrogen-bond acceptors (Lipinski definition) is 4. The van der Waals surface area contributed by atoms with Crippen LogP contribution in [0, 0.1) is 0 Å². The zero-order chi connectivity index (χ0) is 13.1. The van der Waals surface area contributed by atoms with E-state index in [0.717, 1.165) is 17.3 Å². The number of halogens is 3. The van der Waals surface area contributed by atoms with Gasteiger partial charge in [-0.2, -0.15) is 13.2 Å². The van der Waals surface area contributed by atoms with Gasteiger partial charge in [0.05, 0.1) is 0 Å². The van der Waals surface area contributed by atoms with Crippen molar-refractivity contribution in [1.29, 1.82) is 0 Å². The summed E-state index contributed by atoms with van der Waals surface area (Å²) in [5, 5.41) is 8.80. The molecule has 1 aromatic rings. The van der Waals surface area contributed by atoms with Crippen molar-refractivity contribution in [1.82, 2.24) is 9.97 Å². The minimum Gasteiger partial charge on any atom is -0.476 e. The molecule has 0 fully saturated rings. The first-order chi connectivity index (χ1) is 7.85. The van der Waals surface area contributed by atoms with E-state index in [-0.39, 0.29) is 12.4 Å². The third-order valence-electron chi connectivity index (χ3n) is 1.93. The third kappa shape index (κ3) is 3.58. The van der Waals surface area contributed by atoms with Crippen LogP contribution >= 0.6 is 0 Å². The first-order valence-electron chi connectivity index (χ1n) is 4.71. The highest BCUT2D eigenvalue weighted by Gasteiger charge is 2.32. The van der Waals surface area contributed by atoms with Crippen molar-refractivity contribution in [2.24, 2.45) is 0 Å². The average molecular weight is 249 g/mol.